The van der Waals surface area contributed by atoms with Gasteiger partial charge in [0, 0.05) is 25.7 Å². The van der Waals surface area contributed by atoms with E-state index in [4.69, 9.17) is 0 Å². The maximum absolute atomic E-state index is 13.0. The molecular weight excluding hydrogens is 255 g/mol. The summed E-state index contributed by atoms with van der Waals surface area (Å²) in [5.74, 6) is -0.417. The highest BCUT2D eigenvalue weighted by Gasteiger charge is 2.31. The first-order chi connectivity index (χ1) is 8.43. The van der Waals surface area contributed by atoms with E-state index in [2.05, 4.69) is 5.32 Å². The molecule has 1 aromatic rings. The van der Waals surface area contributed by atoms with Gasteiger partial charge in [-0.2, -0.15) is 4.31 Å². The number of nitrogens with zero attached hydrogens (tertiary/aromatic N) is 1. The molecular formula is C12H17FN2O2S. The summed E-state index contributed by atoms with van der Waals surface area (Å²) in [6.45, 7) is 5.20. The van der Waals surface area contributed by atoms with Gasteiger partial charge in [-0.05, 0) is 37.6 Å². The quantitative estimate of drug-likeness (QED) is 0.877. The zero-order valence-electron chi connectivity index (χ0n) is 10.5. The summed E-state index contributed by atoms with van der Waals surface area (Å²) in [6.07, 6.45) is 0. The second-order valence-electron chi connectivity index (χ2n) is 4.58. The molecule has 4 nitrogen and oxygen atoms in total. The van der Waals surface area contributed by atoms with Gasteiger partial charge in [0.25, 0.3) is 0 Å². The number of sulfonamides is 1. The molecule has 0 bridgehead atoms. The number of aryl methyl sites for hydroxylation is 1. The molecule has 100 valence electrons. The molecule has 18 heavy (non-hydrogen) atoms. The van der Waals surface area contributed by atoms with Crippen LogP contribution in [0.15, 0.2) is 23.1 Å². The zero-order valence-corrected chi connectivity index (χ0v) is 11.3. The molecule has 1 saturated heterocycles. The zero-order chi connectivity index (χ0) is 13.3. The molecule has 1 N–H and O–H groups in total. The van der Waals surface area contributed by atoms with E-state index in [0.29, 0.717) is 25.2 Å². The number of hydrogen-bond acceptors (Lipinski definition) is 3. The Balaban J connectivity index is 2.41. The van der Waals surface area contributed by atoms with E-state index in [1.165, 1.54) is 22.5 Å². The second-order valence-corrected chi connectivity index (χ2v) is 6.44. The first-order valence-corrected chi connectivity index (χ1v) is 7.35. The number of hydrogen-bond donors (Lipinski definition) is 1. The van der Waals surface area contributed by atoms with Crippen molar-refractivity contribution in [1.82, 2.24) is 9.62 Å². The maximum atomic E-state index is 13.0. The summed E-state index contributed by atoms with van der Waals surface area (Å²) in [7, 11) is -3.53. The molecule has 6 heteroatoms. The molecule has 1 fully saturated rings. The minimum absolute atomic E-state index is 0.0896. The minimum Gasteiger partial charge on any atom is -0.314 e. The van der Waals surface area contributed by atoms with Gasteiger partial charge in [-0.25, -0.2) is 12.8 Å². The van der Waals surface area contributed by atoms with Gasteiger partial charge in [-0.3, -0.25) is 0 Å². The number of benzene rings is 1. The Morgan fingerprint density at radius 2 is 2.17 bits per heavy atom. The predicted molar refractivity (Wildman–Crippen MR) is 67.4 cm³/mol. The van der Waals surface area contributed by atoms with Crippen molar-refractivity contribution in [3.8, 4) is 0 Å². The molecule has 1 aromatic carbocycles. The number of nitrogens with one attached hydrogen (secondary N) is 1. The van der Waals surface area contributed by atoms with E-state index < -0.39 is 15.8 Å². The first kappa shape index (κ1) is 13.5. The summed E-state index contributed by atoms with van der Waals surface area (Å²) in [5.41, 5.74) is 0.445. The van der Waals surface area contributed by atoms with E-state index in [1.807, 2.05) is 6.92 Å². The van der Waals surface area contributed by atoms with Gasteiger partial charge >= 0.3 is 0 Å². The Morgan fingerprint density at radius 3 is 2.78 bits per heavy atom. The van der Waals surface area contributed by atoms with Gasteiger partial charge in [0.05, 0.1) is 4.90 Å². The fourth-order valence-electron chi connectivity index (χ4n) is 2.21. The third-order valence-corrected chi connectivity index (χ3v) is 5.34. The molecule has 0 amide bonds. The summed E-state index contributed by atoms with van der Waals surface area (Å²) >= 11 is 0. The van der Waals surface area contributed by atoms with Crippen LogP contribution >= 0.6 is 0 Å². The van der Waals surface area contributed by atoms with Gasteiger partial charge in [0.1, 0.15) is 5.82 Å². The van der Waals surface area contributed by atoms with Crippen molar-refractivity contribution >= 4 is 10.0 Å². The van der Waals surface area contributed by atoms with Crippen molar-refractivity contribution in [2.75, 3.05) is 19.6 Å². The molecule has 0 aliphatic carbocycles. The van der Waals surface area contributed by atoms with E-state index in [9.17, 15) is 12.8 Å². The Morgan fingerprint density at radius 1 is 1.44 bits per heavy atom. The van der Waals surface area contributed by atoms with Crippen LogP contribution in [0.5, 0.6) is 0 Å². The van der Waals surface area contributed by atoms with Gasteiger partial charge in [0.2, 0.25) is 10.0 Å². The monoisotopic (exact) mass is 272 g/mol. The highest BCUT2D eigenvalue weighted by atomic mass is 32.2. The molecule has 0 saturated carbocycles. The van der Waals surface area contributed by atoms with E-state index in [-0.39, 0.29) is 10.9 Å². The Bertz CT molecular complexity index is 545. The lowest BCUT2D eigenvalue weighted by molar-refractivity contribution is 0.283. The van der Waals surface area contributed by atoms with E-state index in [0.717, 1.165) is 0 Å². The van der Waals surface area contributed by atoms with Crippen LogP contribution in [0.2, 0.25) is 0 Å². The third-order valence-electron chi connectivity index (χ3n) is 3.16. The normalized spacial score (nSPS) is 22.1. The Labute approximate surface area is 107 Å². The summed E-state index contributed by atoms with van der Waals surface area (Å²) in [6, 6.07) is 3.69. The summed E-state index contributed by atoms with van der Waals surface area (Å²) < 4.78 is 39.5. The average Bonchev–Trinajstić information content (AvgIpc) is 2.28. The highest BCUT2D eigenvalue weighted by molar-refractivity contribution is 7.89. The van der Waals surface area contributed by atoms with E-state index >= 15 is 0 Å². The number of piperazine rings is 1. The fourth-order valence-corrected chi connectivity index (χ4v) is 4.05. The highest BCUT2D eigenvalue weighted by Crippen LogP contribution is 2.23. The minimum atomic E-state index is -3.53. The first-order valence-electron chi connectivity index (χ1n) is 5.91. The van der Waals surface area contributed by atoms with Crippen LogP contribution in [0.4, 0.5) is 4.39 Å². The summed E-state index contributed by atoms with van der Waals surface area (Å²) in [4.78, 5) is 0.192. The molecule has 1 heterocycles. The molecule has 1 aliphatic heterocycles. The van der Waals surface area contributed by atoms with E-state index in [1.54, 1.807) is 6.92 Å². The lowest BCUT2D eigenvalue weighted by atomic mass is 10.2. The van der Waals surface area contributed by atoms with Crippen LogP contribution in [0.25, 0.3) is 0 Å². The molecule has 0 aromatic heterocycles. The predicted octanol–water partition coefficient (Wildman–Crippen LogP) is 1.12. The summed E-state index contributed by atoms with van der Waals surface area (Å²) in [5, 5.41) is 3.15. The number of rotatable bonds is 2. The van der Waals surface area contributed by atoms with Crippen LogP contribution in [0, 0.1) is 12.7 Å². The van der Waals surface area contributed by atoms with Gasteiger partial charge in [0.15, 0.2) is 0 Å². The van der Waals surface area contributed by atoms with Crippen LogP contribution in [-0.4, -0.2) is 38.4 Å². The van der Waals surface area contributed by atoms with Crippen molar-refractivity contribution in [3.05, 3.63) is 29.6 Å². The van der Waals surface area contributed by atoms with Crippen LogP contribution in [0.1, 0.15) is 12.5 Å². The van der Waals surface area contributed by atoms with Crippen molar-refractivity contribution in [2.24, 2.45) is 0 Å². The molecule has 0 radical (unpaired) electrons. The smallest absolute Gasteiger partial charge is 0.243 e. The number of halogens is 1. The van der Waals surface area contributed by atoms with Crippen molar-refractivity contribution in [1.29, 1.82) is 0 Å². The lowest BCUT2D eigenvalue weighted by Gasteiger charge is -2.33. The van der Waals surface area contributed by atoms with Crippen molar-refractivity contribution in [3.63, 3.8) is 0 Å². The van der Waals surface area contributed by atoms with Crippen molar-refractivity contribution < 1.29 is 12.8 Å². The topological polar surface area (TPSA) is 49.4 Å². The molecule has 2 rings (SSSR count). The Hall–Kier alpha value is -0.980. The van der Waals surface area contributed by atoms with Gasteiger partial charge in [-0.1, -0.05) is 0 Å². The standard InChI is InChI=1S/C12H17FN2O2S/c1-9-7-11(13)3-4-12(9)18(16,17)15-6-5-14-8-10(15)2/h3-4,7,10,14H,5-6,8H2,1-2H3/t10-/m0/s1. The fraction of sp³-hybridized carbons (Fsp3) is 0.500. The van der Waals surface area contributed by atoms with Crippen LogP contribution in [0.3, 0.4) is 0 Å². The molecule has 1 aliphatic rings. The second kappa shape index (κ2) is 4.95. The molecule has 1 atom stereocenters. The van der Waals surface area contributed by atoms with Gasteiger partial charge < -0.3 is 5.32 Å². The Kier molecular flexibility index (Phi) is 3.70. The van der Waals surface area contributed by atoms with Crippen molar-refractivity contribution in [2.45, 2.75) is 24.8 Å². The van der Waals surface area contributed by atoms with Crippen LogP contribution < -0.4 is 5.32 Å². The average molecular weight is 272 g/mol. The SMILES string of the molecule is Cc1cc(F)ccc1S(=O)(=O)N1CCNC[C@@H]1C. The molecule has 0 unspecified atom stereocenters. The molecule has 0 spiro atoms. The van der Waals surface area contributed by atoms with Gasteiger partial charge in [-0.15, -0.1) is 0 Å². The van der Waals surface area contributed by atoms with Crippen LogP contribution in [-0.2, 0) is 10.0 Å². The lowest BCUT2D eigenvalue weighted by Crippen LogP contribution is -2.52. The maximum Gasteiger partial charge on any atom is 0.243 e. The third kappa shape index (κ3) is 2.41. The largest absolute Gasteiger partial charge is 0.314 e.